The van der Waals surface area contributed by atoms with Crippen molar-refractivity contribution in [1.82, 2.24) is 10.3 Å². The molecule has 2 aromatic rings. The molecule has 1 aromatic heterocycles. The van der Waals surface area contributed by atoms with Gasteiger partial charge < -0.3 is 5.32 Å². The van der Waals surface area contributed by atoms with Gasteiger partial charge in [-0.3, -0.25) is 4.98 Å². The van der Waals surface area contributed by atoms with Crippen LogP contribution in [0, 0.1) is 5.82 Å². The highest BCUT2D eigenvalue weighted by molar-refractivity contribution is 6.31. The first kappa shape index (κ1) is 13.0. The van der Waals surface area contributed by atoms with Crippen LogP contribution in [0.15, 0.2) is 42.7 Å². The average molecular weight is 265 g/mol. The molecule has 1 aromatic carbocycles. The van der Waals surface area contributed by atoms with Gasteiger partial charge in [-0.25, -0.2) is 4.39 Å². The second-order valence-corrected chi connectivity index (χ2v) is 4.53. The second kappa shape index (κ2) is 5.94. The monoisotopic (exact) mass is 264 g/mol. The van der Waals surface area contributed by atoms with Gasteiger partial charge in [-0.15, -0.1) is 0 Å². The summed E-state index contributed by atoms with van der Waals surface area (Å²) in [6, 6.07) is 8.51. The van der Waals surface area contributed by atoms with Crippen LogP contribution in [0.3, 0.4) is 0 Å². The zero-order valence-corrected chi connectivity index (χ0v) is 10.8. The molecule has 0 saturated carbocycles. The van der Waals surface area contributed by atoms with Crippen LogP contribution in [0.1, 0.15) is 24.1 Å². The zero-order chi connectivity index (χ0) is 13.0. The van der Waals surface area contributed by atoms with Crippen LogP contribution in [0.5, 0.6) is 0 Å². The fourth-order valence-corrected chi connectivity index (χ4v) is 1.91. The summed E-state index contributed by atoms with van der Waals surface area (Å²) in [4.78, 5) is 4.07. The molecule has 0 unspecified atom stereocenters. The third-order valence-corrected chi connectivity index (χ3v) is 3.15. The van der Waals surface area contributed by atoms with Gasteiger partial charge in [0, 0.05) is 30.0 Å². The molecule has 94 valence electrons. The van der Waals surface area contributed by atoms with Gasteiger partial charge in [0.1, 0.15) is 5.82 Å². The molecule has 1 heterocycles. The summed E-state index contributed by atoms with van der Waals surface area (Å²) < 4.78 is 12.9. The number of hydrogen-bond donors (Lipinski definition) is 1. The number of hydrogen-bond acceptors (Lipinski definition) is 2. The molecule has 0 fully saturated rings. The molecule has 0 saturated heterocycles. The van der Waals surface area contributed by atoms with Crippen LogP contribution in [-0.2, 0) is 6.54 Å². The van der Waals surface area contributed by atoms with E-state index in [4.69, 9.17) is 11.6 Å². The van der Waals surface area contributed by atoms with Gasteiger partial charge in [0.15, 0.2) is 0 Å². The largest absolute Gasteiger partial charge is 0.306 e. The molecule has 0 aliphatic carbocycles. The van der Waals surface area contributed by atoms with Gasteiger partial charge in [-0.2, -0.15) is 0 Å². The standard InChI is InChI=1S/C14H14ClFN2/c1-10(11-3-2-6-17-8-11)18-9-12-4-5-13(16)7-14(12)15/h2-8,10,18H,9H2,1H3/t10-/m0/s1. The number of nitrogens with zero attached hydrogens (tertiary/aromatic N) is 1. The molecule has 4 heteroatoms. The smallest absolute Gasteiger partial charge is 0.124 e. The molecule has 0 spiro atoms. The highest BCUT2D eigenvalue weighted by Crippen LogP contribution is 2.18. The van der Waals surface area contributed by atoms with Crippen molar-refractivity contribution in [2.24, 2.45) is 0 Å². The minimum atomic E-state index is -0.316. The molecular weight excluding hydrogens is 251 g/mol. The van der Waals surface area contributed by atoms with Crippen molar-refractivity contribution in [1.29, 1.82) is 0 Å². The van der Waals surface area contributed by atoms with Gasteiger partial charge >= 0.3 is 0 Å². The van der Waals surface area contributed by atoms with E-state index in [1.165, 1.54) is 12.1 Å². The number of pyridine rings is 1. The molecule has 18 heavy (non-hydrogen) atoms. The summed E-state index contributed by atoms with van der Waals surface area (Å²) in [6.07, 6.45) is 3.57. The lowest BCUT2D eigenvalue weighted by atomic mass is 10.1. The lowest BCUT2D eigenvalue weighted by Gasteiger charge is -2.14. The first-order valence-corrected chi connectivity index (χ1v) is 6.12. The minimum Gasteiger partial charge on any atom is -0.306 e. The molecule has 1 atom stereocenters. The predicted molar refractivity (Wildman–Crippen MR) is 70.9 cm³/mol. The van der Waals surface area contributed by atoms with Crippen molar-refractivity contribution in [3.63, 3.8) is 0 Å². The molecule has 0 bridgehead atoms. The van der Waals surface area contributed by atoms with Crippen LogP contribution in [0.2, 0.25) is 5.02 Å². The Bertz CT molecular complexity index is 516. The Balaban J connectivity index is 1.99. The Morgan fingerprint density at radius 2 is 2.22 bits per heavy atom. The number of halogens is 2. The Hall–Kier alpha value is -1.45. The van der Waals surface area contributed by atoms with Crippen LogP contribution in [0.4, 0.5) is 4.39 Å². The third-order valence-electron chi connectivity index (χ3n) is 2.80. The third kappa shape index (κ3) is 3.28. The highest BCUT2D eigenvalue weighted by Gasteiger charge is 2.06. The summed E-state index contributed by atoms with van der Waals surface area (Å²) in [6.45, 7) is 2.64. The lowest BCUT2D eigenvalue weighted by molar-refractivity contribution is 0.571. The molecule has 0 radical (unpaired) electrons. The molecule has 0 amide bonds. The van der Waals surface area contributed by atoms with E-state index in [9.17, 15) is 4.39 Å². The second-order valence-electron chi connectivity index (χ2n) is 4.12. The van der Waals surface area contributed by atoms with E-state index in [1.54, 1.807) is 12.3 Å². The first-order chi connectivity index (χ1) is 8.66. The van der Waals surface area contributed by atoms with Crippen LogP contribution < -0.4 is 5.32 Å². The SMILES string of the molecule is C[C@H](NCc1ccc(F)cc1Cl)c1cccnc1. The van der Waals surface area contributed by atoms with Crippen LogP contribution >= 0.6 is 11.6 Å². The number of nitrogens with one attached hydrogen (secondary N) is 1. The van der Waals surface area contributed by atoms with Crippen molar-refractivity contribution < 1.29 is 4.39 Å². The Morgan fingerprint density at radius 3 is 2.89 bits per heavy atom. The quantitative estimate of drug-likeness (QED) is 0.910. The normalized spacial score (nSPS) is 12.4. The summed E-state index contributed by atoms with van der Waals surface area (Å²) in [5.41, 5.74) is 1.99. The number of rotatable bonds is 4. The maximum Gasteiger partial charge on any atom is 0.124 e. The van der Waals surface area contributed by atoms with E-state index >= 15 is 0 Å². The molecule has 2 rings (SSSR count). The van der Waals surface area contributed by atoms with E-state index in [1.807, 2.05) is 18.3 Å². The Kier molecular flexibility index (Phi) is 4.28. The van der Waals surface area contributed by atoms with Crippen molar-refractivity contribution in [3.05, 3.63) is 64.7 Å². The van der Waals surface area contributed by atoms with Crippen molar-refractivity contribution in [2.75, 3.05) is 0 Å². The number of benzene rings is 1. The summed E-state index contributed by atoms with van der Waals surface area (Å²) in [5.74, 6) is -0.316. The van der Waals surface area contributed by atoms with Crippen molar-refractivity contribution >= 4 is 11.6 Å². The van der Waals surface area contributed by atoms with Crippen LogP contribution in [0.25, 0.3) is 0 Å². The molecule has 1 N–H and O–H groups in total. The lowest BCUT2D eigenvalue weighted by Crippen LogP contribution is -2.18. The van der Waals surface area contributed by atoms with Gasteiger partial charge in [-0.1, -0.05) is 23.7 Å². The van der Waals surface area contributed by atoms with Crippen molar-refractivity contribution in [2.45, 2.75) is 19.5 Å². The summed E-state index contributed by atoms with van der Waals surface area (Å²) >= 11 is 5.97. The highest BCUT2D eigenvalue weighted by atomic mass is 35.5. The predicted octanol–water partition coefficient (Wildman–Crippen LogP) is 3.72. The van der Waals surface area contributed by atoms with Gasteiger partial charge in [0.25, 0.3) is 0 Å². The van der Waals surface area contributed by atoms with E-state index in [-0.39, 0.29) is 11.9 Å². The topological polar surface area (TPSA) is 24.9 Å². The molecule has 2 nitrogen and oxygen atoms in total. The Labute approximate surface area is 111 Å². The average Bonchev–Trinajstić information content (AvgIpc) is 2.38. The van der Waals surface area contributed by atoms with E-state index < -0.39 is 0 Å². The van der Waals surface area contributed by atoms with Gasteiger partial charge in [0.2, 0.25) is 0 Å². The van der Waals surface area contributed by atoms with E-state index in [0.717, 1.165) is 11.1 Å². The summed E-state index contributed by atoms with van der Waals surface area (Å²) in [7, 11) is 0. The van der Waals surface area contributed by atoms with Gasteiger partial charge in [0.05, 0.1) is 0 Å². The Morgan fingerprint density at radius 1 is 1.39 bits per heavy atom. The fourth-order valence-electron chi connectivity index (χ4n) is 1.68. The van der Waals surface area contributed by atoms with Crippen molar-refractivity contribution in [3.8, 4) is 0 Å². The van der Waals surface area contributed by atoms with Crippen LogP contribution in [-0.4, -0.2) is 4.98 Å². The summed E-state index contributed by atoms with van der Waals surface area (Å²) in [5, 5.41) is 3.77. The maximum absolute atomic E-state index is 12.9. The molecule has 0 aliphatic rings. The van der Waals surface area contributed by atoms with E-state index in [2.05, 4.69) is 17.2 Å². The molecular formula is C14H14ClFN2. The van der Waals surface area contributed by atoms with Gasteiger partial charge in [-0.05, 0) is 36.2 Å². The fraction of sp³-hybridized carbons (Fsp3) is 0.214. The molecule has 0 aliphatic heterocycles. The minimum absolute atomic E-state index is 0.166. The maximum atomic E-state index is 12.9. The first-order valence-electron chi connectivity index (χ1n) is 5.74. The van der Waals surface area contributed by atoms with E-state index in [0.29, 0.717) is 11.6 Å². The number of aromatic nitrogens is 1. The zero-order valence-electron chi connectivity index (χ0n) is 10.0.